The molecule has 0 aromatic heterocycles. The maximum Gasteiger partial charge on any atom is -0.00205 e. The first-order chi connectivity index (χ1) is 8.95. The molecule has 0 saturated heterocycles. The highest BCUT2D eigenvalue weighted by atomic mass is 14.8. The first-order valence-electron chi connectivity index (χ1n) is 7.70. The maximum atomic E-state index is 3.65. The second kappa shape index (κ2) is 8.31. The Labute approximate surface area is 112 Å². The van der Waals surface area contributed by atoms with Crippen molar-refractivity contribution in [3.8, 4) is 0 Å². The van der Waals surface area contributed by atoms with Crippen LogP contribution in [0, 0.1) is 5.92 Å². The molecule has 0 amide bonds. The average Bonchev–Trinajstić information content (AvgIpc) is 2.68. The van der Waals surface area contributed by atoms with Gasteiger partial charge < -0.3 is 5.32 Å². The lowest BCUT2D eigenvalue weighted by Crippen LogP contribution is -2.23. The van der Waals surface area contributed by atoms with E-state index in [0.29, 0.717) is 0 Å². The molecule has 0 radical (unpaired) electrons. The summed E-state index contributed by atoms with van der Waals surface area (Å²) in [6.07, 6.45) is 11.2. The molecule has 18 heavy (non-hydrogen) atoms. The molecule has 1 N–H and O–H groups in total. The van der Waals surface area contributed by atoms with Crippen LogP contribution in [0.25, 0.3) is 0 Å². The monoisotopic (exact) mass is 245 g/mol. The number of rotatable bonds is 6. The Morgan fingerprint density at radius 3 is 2.39 bits per heavy atom. The number of hydrogen-bond donors (Lipinski definition) is 1. The molecule has 0 bridgehead atoms. The Morgan fingerprint density at radius 1 is 0.944 bits per heavy atom. The largest absolute Gasteiger partial charge is 0.316 e. The molecule has 0 atom stereocenters. The fraction of sp³-hybridized carbons (Fsp3) is 0.647. The van der Waals surface area contributed by atoms with E-state index in [0.717, 1.165) is 5.92 Å². The van der Waals surface area contributed by atoms with Gasteiger partial charge in [-0.05, 0) is 50.3 Å². The summed E-state index contributed by atoms with van der Waals surface area (Å²) >= 11 is 0. The molecule has 2 rings (SSSR count). The van der Waals surface area contributed by atoms with Gasteiger partial charge in [0.05, 0.1) is 0 Å². The molecule has 1 aliphatic rings. The Kier molecular flexibility index (Phi) is 6.28. The van der Waals surface area contributed by atoms with E-state index in [4.69, 9.17) is 0 Å². The SMILES string of the molecule is c1ccc(CCCNCC2CCCCCC2)cc1. The van der Waals surface area contributed by atoms with Gasteiger partial charge in [-0.3, -0.25) is 0 Å². The molecule has 1 aliphatic carbocycles. The highest BCUT2D eigenvalue weighted by Gasteiger charge is 2.11. The highest BCUT2D eigenvalue weighted by molar-refractivity contribution is 5.14. The zero-order valence-corrected chi connectivity index (χ0v) is 11.5. The molecule has 0 heterocycles. The summed E-state index contributed by atoms with van der Waals surface area (Å²) in [5.41, 5.74) is 1.47. The first-order valence-corrected chi connectivity index (χ1v) is 7.70. The van der Waals surface area contributed by atoms with Gasteiger partial charge in [0.25, 0.3) is 0 Å². The molecule has 1 fully saturated rings. The highest BCUT2D eigenvalue weighted by Crippen LogP contribution is 2.21. The number of nitrogens with one attached hydrogen (secondary N) is 1. The lowest BCUT2D eigenvalue weighted by Gasteiger charge is -2.14. The minimum atomic E-state index is 0.948. The van der Waals surface area contributed by atoms with Crippen molar-refractivity contribution < 1.29 is 0 Å². The maximum absolute atomic E-state index is 3.65. The van der Waals surface area contributed by atoms with Gasteiger partial charge in [0.15, 0.2) is 0 Å². The van der Waals surface area contributed by atoms with E-state index in [-0.39, 0.29) is 0 Å². The van der Waals surface area contributed by atoms with Crippen LogP contribution >= 0.6 is 0 Å². The Hall–Kier alpha value is -0.820. The van der Waals surface area contributed by atoms with Crippen molar-refractivity contribution in [2.45, 2.75) is 51.4 Å². The predicted octanol–water partition coefficient (Wildman–Crippen LogP) is 4.18. The van der Waals surface area contributed by atoms with Crippen molar-refractivity contribution >= 4 is 0 Å². The molecular formula is C17H27N. The van der Waals surface area contributed by atoms with Crippen molar-refractivity contribution in [2.75, 3.05) is 13.1 Å². The molecule has 1 nitrogen and oxygen atoms in total. The normalized spacial score (nSPS) is 17.6. The van der Waals surface area contributed by atoms with Gasteiger partial charge in [-0.25, -0.2) is 0 Å². The lowest BCUT2D eigenvalue weighted by atomic mass is 10.0. The van der Waals surface area contributed by atoms with Crippen LogP contribution < -0.4 is 5.32 Å². The summed E-state index contributed by atoms with van der Waals surface area (Å²) in [5, 5.41) is 3.65. The Balaban J connectivity index is 1.53. The molecule has 0 unspecified atom stereocenters. The Bertz CT molecular complexity index is 299. The van der Waals surface area contributed by atoms with Gasteiger partial charge in [0, 0.05) is 0 Å². The number of hydrogen-bond acceptors (Lipinski definition) is 1. The first kappa shape index (κ1) is 13.6. The Morgan fingerprint density at radius 2 is 1.67 bits per heavy atom. The van der Waals surface area contributed by atoms with Crippen molar-refractivity contribution in [1.29, 1.82) is 0 Å². The van der Waals surface area contributed by atoms with E-state index >= 15 is 0 Å². The van der Waals surface area contributed by atoms with Crippen LogP contribution in [0.4, 0.5) is 0 Å². The molecule has 1 saturated carbocycles. The van der Waals surface area contributed by atoms with E-state index < -0.39 is 0 Å². The van der Waals surface area contributed by atoms with Crippen LogP contribution in [0.1, 0.15) is 50.5 Å². The van der Waals surface area contributed by atoms with Crippen LogP contribution in [0.5, 0.6) is 0 Å². The molecular weight excluding hydrogens is 218 g/mol. The molecule has 1 aromatic carbocycles. The minimum Gasteiger partial charge on any atom is -0.316 e. The lowest BCUT2D eigenvalue weighted by molar-refractivity contribution is 0.424. The van der Waals surface area contributed by atoms with Crippen LogP contribution in [-0.4, -0.2) is 13.1 Å². The second-order valence-corrected chi connectivity index (χ2v) is 5.65. The molecule has 0 spiro atoms. The minimum absolute atomic E-state index is 0.948. The summed E-state index contributed by atoms with van der Waals surface area (Å²) in [7, 11) is 0. The molecule has 100 valence electrons. The standard InChI is InChI=1S/C17H27N/c1-2-5-12-17(11-4-1)15-18-14-8-13-16-9-6-3-7-10-16/h3,6-7,9-10,17-18H,1-2,4-5,8,11-15H2. The van der Waals surface area contributed by atoms with Crippen molar-refractivity contribution in [3.63, 3.8) is 0 Å². The fourth-order valence-corrected chi connectivity index (χ4v) is 2.94. The van der Waals surface area contributed by atoms with Crippen molar-refractivity contribution in [1.82, 2.24) is 5.32 Å². The summed E-state index contributed by atoms with van der Waals surface area (Å²) in [6.45, 7) is 2.42. The zero-order chi connectivity index (χ0) is 12.5. The van der Waals surface area contributed by atoms with E-state index in [1.54, 1.807) is 0 Å². The van der Waals surface area contributed by atoms with Crippen LogP contribution in [0.15, 0.2) is 30.3 Å². The molecule has 0 aliphatic heterocycles. The smallest absolute Gasteiger partial charge is 0.00205 e. The summed E-state index contributed by atoms with van der Waals surface area (Å²) in [5.74, 6) is 0.948. The van der Waals surface area contributed by atoms with E-state index in [2.05, 4.69) is 35.6 Å². The predicted molar refractivity (Wildman–Crippen MR) is 78.8 cm³/mol. The number of benzene rings is 1. The zero-order valence-electron chi connectivity index (χ0n) is 11.5. The topological polar surface area (TPSA) is 12.0 Å². The molecule has 1 heteroatoms. The molecule has 1 aromatic rings. The third kappa shape index (κ3) is 5.22. The van der Waals surface area contributed by atoms with Crippen molar-refractivity contribution in [3.05, 3.63) is 35.9 Å². The number of aryl methyl sites for hydroxylation is 1. The fourth-order valence-electron chi connectivity index (χ4n) is 2.94. The van der Waals surface area contributed by atoms with Gasteiger partial charge in [0.2, 0.25) is 0 Å². The van der Waals surface area contributed by atoms with Gasteiger partial charge in [-0.15, -0.1) is 0 Å². The summed E-state index contributed by atoms with van der Waals surface area (Å²) in [6, 6.07) is 10.8. The van der Waals surface area contributed by atoms with Crippen LogP contribution in [0.2, 0.25) is 0 Å². The summed E-state index contributed by atoms with van der Waals surface area (Å²) in [4.78, 5) is 0. The van der Waals surface area contributed by atoms with Gasteiger partial charge in [0.1, 0.15) is 0 Å². The van der Waals surface area contributed by atoms with Gasteiger partial charge in [-0.2, -0.15) is 0 Å². The third-order valence-electron chi connectivity index (χ3n) is 4.07. The van der Waals surface area contributed by atoms with Gasteiger partial charge >= 0.3 is 0 Å². The van der Waals surface area contributed by atoms with Crippen molar-refractivity contribution in [2.24, 2.45) is 5.92 Å². The summed E-state index contributed by atoms with van der Waals surface area (Å²) < 4.78 is 0. The van der Waals surface area contributed by atoms with E-state index in [9.17, 15) is 0 Å². The van der Waals surface area contributed by atoms with E-state index in [1.165, 1.54) is 70.0 Å². The van der Waals surface area contributed by atoms with E-state index in [1.807, 2.05) is 0 Å². The third-order valence-corrected chi connectivity index (χ3v) is 4.07. The second-order valence-electron chi connectivity index (χ2n) is 5.65. The van der Waals surface area contributed by atoms with Crippen LogP contribution in [-0.2, 0) is 6.42 Å². The quantitative estimate of drug-likeness (QED) is 0.585. The van der Waals surface area contributed by atoms with Gasteiger partial charge in [-0.1, -0.05) is 56.0 Å². The van der Waals surface area contributed by atoms with Crippen LogP contribution in [0.3, 0.4) is 0 Å². The average molecular weight is 245 g/mol.